The van der Waals surface area contributed by atoms with E-state index in [0.29, 0.717) is 18.2 Å². The summed E-state index contributed by atoms with van der Waals surface area (Å²) >= 11 is 1.62. The maximum absolute atomic E-state index is 12.8. The lowest BCUT2D eigenvalue weighted by atomic mass is 10.2. The number of nitrogens with one attached hydrogen (secondary N) is 1. The molecule has 4 heterocycles. The van der Waals surface area contributed by atoms with Gasteiger partial charge in [0.2, 0.25) is 0 Å². The van der Waals surface area contributed by atoms with Crippen LogP contribution in [0.4, 0.5) is 0 Å². The molecule has 1 aliphatic rings. The van der Waals surface area contributed by atoms with E-state index in [-0.39, 0.29) is 11.9 Å². The predicted molar refractivity (Wildman–Crippen MR) is 95.6 cm³/mol. The fourth-order valence-electron chi connectivity index (χ4n) is 3.25. The van der Waals surface area contributed by atoms with Crippen LogP contribution in [-0.4, -0.2) is 48.9 Å². The van der Waals surface area contributed by atoms with E-state index in [0.717, 1.165) is 29.4 Å². The first-order valence-electron chi connectivity index (χ1n) is 8.41. The van der Waals surface area contributed by atoms with Crippen molar-refractivity contribution in [3.05, 3.63) is 41.4 Å². The van der Waals surface area contributed by atoms with Crippen molar-refractivity contribution in [2.75, 3.05) is 13.1 Å². The molecule has 3 aromatic heterocycles. The molecule has 1 aliphatic heterocycles. The van der Waals surface area contributed by atoms with E-state index in [4.69, 9.17) is 0 Å². The molecule has 0 aliphatic carbocycles. The molecule has 8 heteroatoms. The molecule has 4 rings (SSSR count). The highest BCUT2D eigenvalue weighted by Crippen LogP contribution is 2.27. The van der Waals surface area contributed by atoms with E-state index in [1.54, 1.807) is 17.7 Å². The number of aromatic nitrogens is 5. The van der Waals surface area contributed by atoms with Crippen LogP contribution >= 0.6 is 11.3 Å². The van der Waals surface area contributed by atoms with Crippen LogP contribution in [0.2, 0.25) is 0 Å². The maximum atomic E-state index is 12.8. The largest absolute Gasteiger partial charge is 0.335 e. The monoisotopic (exact) mass is 356 g/mol. The maximum Gasteiger partial charge on any atom is 0.274 e. The van der Waals surface area contributed by atoms with Gasteiger partial charge in [0.1, 0.15) is 12.2 Å². The molecule has 1 unspecified atom stereocenters. The van der Waals surface area contributed by atoms with Gasteiger partial charge in [-0.25, -0.2) is 0 Å². The smallest absolute Gasteiger partial charge is 0.274 e. The normalized spacial score (nSPS) is 17.6. The third kappa shape index (κ3) is 2.97. The molecule has 0 bridgehead atoms. The fraction of sp³-hybridized carbons (Fsp3) is 0.412. The van der Waals surface area contributed by atoms with Crippen molar-refractivity contribution >= 4 is 17.2 Å². The number of carbonyl (C=O) groups excluding carboxylic acids is 1. The van der Waals surface area contributed by atoms with Crippen molar-refractivity contribution in [3.8, 4) is 10.6 Å². The van der Waals surface area contributed by atoms with Crippen molar-refractivity contribution in [3.63, 3.8) is 0 Å². The fourth-order valence-corrected chi connectivity index (χ4v) is 3.94. The van der Waals surface area contributed by atoms with E-state index >= 15 is 0 Å². The standard InChI is InChI=1S/C17H20N6OS/c1-11(2)16-21-18-10-23(16)12-5-6-22(9-12)17(24)14-8-13(19-20-14)15-4-3-7-25-15/h3-4,7-8,10-12H,5-6,9H2,1-2H3,(H,19,20). The lowest BCUT2D eigenvalue weighted by Crippen LogP contribution is -2.29. The Balaban J connectivity index is 1.48. The molecule has 0 aromatic carbocycles. The molecule has 25 heavy (non-hydrogen) atoms. The Morgan fingerprint density at radius 1 is 1.44 bits per heavy atom. The third-order valence-electron chi connectivity index (χ3n) is 4.54. The van der Waals surface area contributed by atoms with Crippen molar-refractivity contribution in [2.24, 2.45) is 0 Å². The predicted octanol–water partition coefficient (Wildman–Crippen LogP) is 2.94. The highest BCUT2D eigenvalue weighted by Gasteiger charge is 2.30. The minimum absolute atomic E-state index is 0.0271. The summed E-state index contributed by atoms with van der Waals surface area (Å²) in [6, 6.07) is 6.06. The zero-order valence-electron chi connectivity index (χ0n) is 14.2. The van der Waals surface area contributed by atoms with Gasteiger partial charge in [-0.2, -0.15) is 5.10 Å². The summed E-state index contributed by atoms with van der Waals surface area (Å²) in [4.78, 5) is 15.7. The van der Waals surface area contributed by atoms with Gasteiger partial charge in [0.15, 0.2) is 5.69 Å². The van der Waals surface area contributed by atoms with Crippen LogP contribution in [0.25, 0.3) is 10.6 Å². The van der Waals surface area contributed by atoms with Crippen LogP contribution in [0.3, 0.4) is 0 Å². The number of aromatic amines is 1. The molecule has 3 aromatic rings. The summed E-state index contributed by atoms with van der Waals surface area (Å²) in [6.45, 7) is 5.60. The Morgan fingerprint density at radius 2 is 2.32 bits per heavy atom. The second kappa shape index (κ2) is 6.44. The first-order chi connectivity index (χ1) is 12.1. The molecule has 0 radical (unpaired) electrons. The molecule has 1 atom stereocenters. The second-order valence-electron chi connectivity index (χ2n) is 6.59. The average Bonchev–Trinajstić information content (AvgIpc) is 3.41. The molecule has 1 fully saturated rings. The molecule has 1 N–H and O–H groups in total. The Hall–Kier alpha value is -2.48. The molecular formula is C17H20N6OS. The van der Waals surface area contributed by atoms with Gasteiger partial charge in [-0.3, -0.25) is 9.89 Å². The van der Waals surface area contributed by atoms with E-state index < -0.39 is 0 Å². The molecule has 1 amide bonds. The average molecular weight is 356 g/mol. The van der Waals surface area contributed by atoms with E-state index in [1.165, 1.54) is 0 Å². The first kappa shape index (κ1) is 16.0. The van der Waals surface area contributed by atoms with Gasteiger partial charge in [0.05, 0.1) is 16.6 Å². The van der Waals surface area contributed by atoms with Gasteiger partial charge >= 0.3 is 0 Å². The van der Waals surface area contributed by atoms with Crippen molar-refractivity contribution < 1.29 is 4.79 Å². The minimum Gasteiger partial charge on any atom is -0.335 e. The zero-order chi connectivity index (χ0) is 17.4. The highest BCUT2D eigenvalue weighted by molar-refractivity contribution is 7.13. The third-order valence-corrected chi connectivity index (χ3v) is 5.45. The number of amides is 1. The summed E-state index contributed by atoms with van der Waals surface area (Å²) in [5, 5.41) is 17.4. The van der Waals surface area contributed by atoms with Gasteiger partial charge in [0.25, 0.3) is 5.91 Å². The van der Waals surface area contributed by atoms with Crippen LogP contribution in [0, 0.1) is 0 Å². The molecule has 0 saturated carbocycles. The SMILES string of the molecule is CC(C)c1nncn1C1CCN(C(=O)c2cc(-c3cccs3)[nH]n2)C1. The number of nitrogens with zero attached hydrogens (tertiary/aromatic N) is 5. The van der Waals surface area contributed by atoms with Crippen LogP contribution in [-0.2, 0) is 0 Å². The minimum atomic E-state index is -0.0271. The van der Waals surface area contributed by atoms with Gasteiger partial charge in [-0.05, 0) is 23.9 Å². The quantitative estimate of drug-likeness (QED) is 0.779. The Labute approximate surface area is 149 Å². The van der Waals surface area contributed by atoms with Gasteiger partial charge in [-0.15, -0.1) is 21.5 Å². The second-order valence-corrected chi connectivity index (χ2v) is 7.54. The molecule has 7 nitrogen and oxygen atoms in total. The Bertz CT molecular complexity index is 865. The zero-order valence-corrected chi connectivity index (χ0v) is 15.0. The van der Waals surface area contributed by atoms with E-state index in [9.17, 15) is 4.79 Å². The molecule has 1 saturated heterocycles. The Kier molecular flexibility index (Phi) is 4.12. The number of hydrogen-bond donors (Lipinski definition) is 1. The van der Waals surface area contributed by atoms with Crippen LogP contribution < -0.4 is 0 Å². The van der Waals surface area contributed by atoms with Gasteiger partial charge < -0.3 is 9.47 Å². The number of hydrogen-bond acceptors (Lipinski definition) is 5. The van der Waals surface area contributed by atoms with E-state index in [1.807, 2.05) is 28.5 Å². The molecule has 130 valence electrons. The molecular weight excluding hydrogens is 336 g/mol. The summed E-state index contributed by atoms with van der Waals surface area (Å²) in [6.07, 6.45) is 2.68. The summed E-state index contributed by atoms with van der Waals surface area (Å²) in [5.74, 6) is 1.26. The molecule has 0 spiro atoms. The number of thiophene rings is 1. The van der Waals surface area contributed by atoms with Gasteiger partial charge in [-0.1, -0.05) is 19.9 Å². The summed E-state index contributed by atoms with van der Waals surface area (Å²) < 4.78 is 2.11. The highest BCUT2D eigenvalue weighted by atomic mass is 32.1. The van der Waals surface area contributed by atoms with Crippen LogP contribution in [0.15, 0.2) is 29.9 Å². The lowest BCUT2D eigenvalue weighted by molar-refractivity contribution is 0.0781. The van der Waals surface area contributed by atoms with E-state index in [2.05, 4.69) is 38.8 Å². The lowest BCUT2D eigenvalue weighted by Gasteiger charge is -2.17. The summed E-state index contributed by atoms with van der Waals surface area (Å²) in [5.41, 5.74) is 1.35. The Morgan fingerprint density at radius 3 is 3.08 bits per heavy atom. The van der Waals surface area contributed by atoms with Crippen LogP contribution in [0.5, 0.6) is 0 Å². The van der Waals surface area contributed by atoms with Crippen molar-refractivity contribution in [1.82, 2.24) is 29.9 Å². The topological polar surface area (TPSA) is 79.7 Å². The first-order valence-corrected chi connectivity index (χ1v) is 9.29. The van der Waals surface area contributed by atoms with Crippen molar-refractivity contribution in [2.45, 2.75) is 32.2 Å². The number of likely N-dealkylation sites (tertiary alicyclic amines) is 1. The van der Waals surface area contributed by atoms with Crippen LogP contribution in [0.1, 0.15) is 48.5 Å². The number of carbonyl (C=O) groups is 1. The van der Waals surface area contributed by atoms with Crippen molar-refractivity contribution in [1.29, 1.82) is 0 Å². The van der Waals surface area contributed by atoms with Gasteiger partial charge in [0, 0.05) is 19.0 Å². The summed E-state index contributed by atoms with van der Waals surface area (Å²) in [7, 11) is 0. The number of H-pyrrole nitrogens is 1. The number of rotatable bonds is 4.